The number of allylic oxidation sites excluding steroid dienone is 2. The SMILES string of the molecule is O=C(O)Cc1ccc(N/N=C2\C(=O)c3ccc(NC(=O)Nc4ccc5c(c4)C=C(S(=O)(=O)O)/C(=N/Nc4ccc(CC(=O)O)cc4)C5=O)cc3C=C2S(=O)(=O)O)cc1. The number of urea groups is 1. The number of carboxylic acids is 2. The minimum atomic E-state index is -5.01. The quantitative estimate of drug-likeness (QED) is 0.0726. The van der Waals surface area contributed by atoms with E-state index in [2.05, 4.69) is 31.7 Å². The molecule has 2 aliphatic carbocycles. The lowest BCUT2D eigenvalue weighted by molar-refractivity contribution is -0.137. The summed E-state index contributed by atoms with van der Waals surface area (Å²) in [4.78, 5) is 59.9. The molecule has 0 fully saturated rings. The van der Waals surface area contributed by atoms with Crippen molar-refractivity contribution in [2.45, 2.75) is 12.8 Å². The van der Waals surface area contributed by atoms with Crippen LogP contribution in [0.15, 0.2) is 105 Å². The summed E-state index contributed by atoms with van der Waals surface area (Å²) in [5.41, 5.74) is 5.39. The van der Waals surface area contributed by atoms with Crippen LogP contribution in [0.4, 0.5) is 27.5 Å². The number of aliphatic carboxylic acids is 2. The van der Waals surface area contributed by atoms with Crippen molar-refractivity contribution in [3.63, 3.8) is 0 Å². The molecule has 0 spiro atoms. The Morgan fingerprint density at radius 2 is 0.879 bits per heavy atom. The van der Waals surface area contributed by atoms with Crippen LogP contribution < -0.4 is 21.5 Å². The largest absolute Gasteiger partial charge is 0.481 e. The molecular formula is C37H28N6O13S2. The van der Waals surface area contributed by atoms with Gasteiger partial charge in [-0.1, -0.05) is 24.3 Å². The van der Waals surface area contributed by atoms with Crippen molar-refractivity contribution in [1.82, 2.24) is 0 Å². The minimum Gasteiger partial charge on any atom is -0.481 e. The van der Waals surface area contributed by atoms with Gasteiger partial charge in [0.1, 0.15) is 9.81 Å². The van der Waals surface area contributed by atoms with Crippen LogP contribution in [0.25, 0.3) is 12.2 Å². The van der Waals surface area contributed by atoms with Gasteiger partial charge in [-0.05, 0) is 95.1 Å². The number of nitrogens with zero attached hydrogens (tertiary/aromatic N) is 2. The van der Waals surface area contributed by atoms with Gasteiger partial charge in [0.25, 0.3) is 20.2 Å². The molecule has 0 saturated heterocycles. The first-order valence-electron chi connectivity index (χ1n) is 16.5. The monoisotopic (exact) mass is 828 g/mol. The molecule has 2 aliphatic rings. The summed E-state index contributed by atoms with van der Waals surface area (Å²) < 4.78 is 69.1. The van der Waals surface area contributed by atoms with Gasteiger partial charge in [-0.2, -0.15) is 27.0 Å². The number of hydrogen-bond donors (Lipinski definition) is 8. The number of rotatable bonds is 12. The van der Waals surface area contributed by atoms with E-state index in [0.717, 1.165) is 12.2 Å². The Labute approximate surface area is 328 Å². The van der Waals surface area contributed by atoms with Crippen LogP contribution in [-0.2, 0) is 42.7 Å². The number of anilines is 4. The lowest BCUT2D eigenvalue weighted by Crippen LogP contribution is -2.27. The number of carboxylic acid groups (broad SMARTS) is 2. The number of hydrazone groups is 2. The van der Waals surface area contributed by atoms with Gasteiger partial charge in [0.05, 0.1) is 24.2 Å². The van der Waals surface area contributed by atoms with Crippen LogP contribution in [0.2, 0.25) is 0 Å². The van der Waals surface area contributed by atoms with E-state index < -0.39 is 71.0 Å². The standard InChI is InChI=1S/C37H28N6O13S2/c44-31(45)13-19-1-5-23(6-2-19)40-42-33-29(57(51,52)53)17-21-15-25(9-11-27(21)35(33)48)38-37(50)39-26-10-12-28-22(16-26)18-30(58(54,55)56)34(36(28)49)43-41-24-7-3-20(4-8-24)14-32(46)47/h1-12,15-18,40-41H,13-14H2,(H,44,45)(H,46,47)(H2,38,39,50)(H,51,52,53)(H,54,55,56)/b42-33-,43-34-. The van der Waals surface area contributed by atoms with Gasteiger partial charge in [-0.3, -0.25) is 39.1 Å². The van der Waals surface area contributed by atoms with Crippen molar-refractivity contribution in [2.75, 3.05) is 21.5 Å². The van der Waals surface area contributed by atoms with Crippen molar-refractivity contribution >= 4 is 96.1 Å². The molecule has 4 aromatic rings. The highest BCUT2D eigenvalue weighted by Gasteiger charge is 2.34. The van der Waals surface area contributed by atoms with Crippen molar-refractivity contribution in [3.05, 3.63) is 128 Å². The van der Waals surface area contributed by atoms with Crippen LogP contribution in [0, 0.1) is 0 Å². The minimum absolute atomic E-state index is 0.00438. The number of Topliss-reactive ketones (excluding diaryl/α,β-unsaturated/α-hetero) is 2. The number of carbonyl (C=O) groups is 5. The second-order valence-corrected chi connectivity index (χ2v) is 15.3. The van der Waals surface area contributed by atoms with Crippen molar-refractivity contribution < 1.29 is 60.1 Å². The van der Waals surface area contributed by atoms with Crippen LogP contribution in [0.3, 0.4) is 0 Å². The molecule has 0 unspecified atom stereocenters. The maximum atomic E-state index is 13.4. The third-order valence-corrected chi connectivity index (χ3v) is 10.1. The molecule has 0 atom stereocenters. The average molecular weight is 829 g/mol. The number of ketones is 2. The Hall–Kier alpha value is -7.33. The molecule has 0 bridgehead atoms. The van der Waals surface area contributed by atoms with Gasteiger partial charge >= 0.3 is 18.0 Å². The third-order valence-electron chi connectivity index (χ3n) is 8.35. The lowest BCUT2D eigenvalue weighted by Gasteiger charge is -2.18. The van der Waals surface area contributed by atoms with E-state index in [-0.39, 0.29) is 57.8 Å². The third kappa shape index (κ3) is 9.37. The molecule has 21 heteroatoms. The van der Waals surface area contributed by atoms with Crippen LogP contribution in [-0.4, -0.2) is 77.1 Å². The number of carbonyl (C=O) groups excluding carboxylic acids is 3. The summed E-state index contributed by atoms with van der Waals surface area (Å²) in [6.07, 6.45) is 1.50. The molecule has 0 radical (unpaired) electrons. The van der Waals surface area contributed by atoms with Gasteiger partial charge in [-0.25, -0.2) is 4.79 Å². The maximum Gasteiger partial charge on any atom is 0.323 e. The van der Waals surface area contributed by atoms with Gasteiger partial charge in [0, 0.05) is 22.5 Å². The summed E-state index contributed by atoms with van der Waals surface area (Å²) >= 11 is 0. The normalized spacial score (nSPS) is 15.1. The second-order valence-electron chi connectivity index (χ2n) is 12.5. The van der Waals surface area contributed by atoms with Gasteiger partial charge in [0.15, 0.2) is 11.4 Å². The summed E-state index contributed by atoms with van der Waals surface area (Å²) in [6, 6.07) is 18.7. The topological polar surface area (TPSA) is 307 Å². The number of nitrogens with one attached hydrogen (secondary N) is 4. The zero-order valence-corrected chi connectivity index (χ0v) is 31.0. The number of benzene rings is 4. The molecule has 8 N–H and O–H groups in total. The van der Waals surface area contributed by atoms with Crippen molar-refractivity contribution in [1.29, 1.82) is 0 Å². The summed E-state index contributed by atoms with van der Waals surface area (Å²) in [5, 5.41) is 30.7. The molecule has 296 valence electrons. The van der Waals surface area contributed by atoms with E-state index in [1.54, 1.807) is 0 Å². The predicted octanol–water partition coefficient (Wildman–Crippen LogP) is 4.37. The van der Waals surface area contributed by atoms with Crippen LogP contribution >= 0.6 is 0 Å². The Bertz CT molecular complexity index is 2590. The highest BCUT2D eigenvalue weighted by Crippen LogP contribution is 2.30. The summed E-state index contributed by atoms with van der Waals surface area (Å²) in [6.45, 7) is 0. The van der Waals surface area contributed by atoms with Gasteiger partial charge in [-0.15, -0.1) is 0 Å². The second kappa shape index (κ2) is 16.0. The summed E-state index contributed by atoms with van der Waals surface area (Å²) in [7, 11) is -10.0. The van der Waals surface area contributed by atoms with E-state index in [4.69, 9.17) is 10.2 Å². The Morgan fingerprint density at radius 3 is 1.21 bits per heavy atom. The van der Waals surface area contributed by atoms with E-state index in [9.17, 15) is 49.9 Å². The fourth-order valence-electron chi connectivity index (χ4n) is 5.71. The van der Waals surface area contributed by atoms with Crippen molar-refractivity contribution in [2.24, 2.45) is 10.2 Å². The molecule has 19 nitrogen and oxygen atoms in total. The Morgan fingerprint density at radius 1 is 0.534 bits per heavy atom. The van der Waals surface area contributed by atoms with Crippen LogP contribution in [0.5, 0.6) is 0 Å². The van der Waals surface area contributed by atoms with E-state index in [1.807, 2.05) is 0 Å². The number of hydrogen-bond acceptors (Lipinski definition) is 13. The zero-order valence-electron chi connectivity index (χ0n) is 29.3. The molecule has 0 aliphatic heterocycles. The molecule has 58 heavy (non-hydrogen) atoms. The lowest BCUT2D eigenvalue weighted by atomic mass is 9.94. The van der Waals surface area contributed by atoms with E-state index in [0.29, 0.717) is 11.1 Å². The van der Waals surface area contributed by atoms with Gasteiger partial charge < -0.3 is 20.8 Å². The van der Waals surface area contributed by atoms with Crippen molar-refractivity contribution in [3.8, 4) is 0 Å². The number of fused-ring (bicyclic) bond motifs is 2. The highest BCUT2D eigenvalue weighted by molar-refractivity contribution is 7.91. The average Bonchev–Trinajstić information content (AvgIpc) is 3.13. The fourth-order valence-corrected chi connectivity index (χ4v) is 7.03. The maximum absolute atomic E-state index is 13.4. The smallest absolute Gasteiger partial charge is 0.323 e. The van der Waals surface area contributed by atoms with Crippen LogP contribution in [0.1, 0.15) is 43.0 Å². The first-order valence-corrected chi connectivity index (χ1v) is 19.4. The zero-order chi connectivity index (χ0) is 41.9. The molecular weight excluding hydrogens is 801 g/mol. The Balaban J connectivity index is 1.18. The summed E-state index contributed by atoms with van der Waals surface area (Å²) in [5.74, 6) is -3.85. The fraction of sp³-hybridized carbons (Fsp3) is 0.0541. The highest BCUT2D eigenvalue weighted by atomic mass is 32.2. The molecule has 4 aromatic carbocycles. The number of amides is 2. The van der Waals surface area contributed by atoms with E-state index in [1.165, 1.54) is 84.9 Å². The molecule has 2 amide bonds. The first-order chi connectivity index (χ1) is 27.3. The molecule has 6 rings (SSSR count). The Kier molecular flexibility index (Phi) is 11.1. The van der Waals surface area contributed by atoms with E-state index >= 15 is 0 Å². The molecule has 0 aromatic heterocycles. The van der Waals surface area contributed by atoms with Gasteiger partial charge in [0.2, 0.25) is 11.6 Å². The molecule has 0 heterocycles. The molecule has 0 saturated carbocycles. The first kappa shape index (κ1) is 40.3. The predicted molar refractivity (Wildman–Crippen MR) is 211 cm³/mol.